The topological polar surface area (TPSA) is 15.3 Å². The SMILES string of the molecule is CCCC1(CN(CC)c2ccccc2)CCNC1. The van der Waals surface area contributed by atoms with Crippen LogP contribution in [-0.4, -0.2) is 26.2 Å². The van der Waals surface area contributed by atoms with Crippen molar-refractivity contribution in [1.82, 2.24) is 5.32 Å². The van der Waals surface area contributed by atoms with E-state index < -0.39 is 0 Å². The monoisotopic (exact) mass is 246 g/mol. The minimum atomic E-state index is 0.487. The minimum absolute atomic E-state index is 0.487. The first kappa shape index (κ1) is 13.4. The number of benzene rings is 1. The molecule has 0 radical (unpaired) electrons. The fourth-order valence-corrected chi connectivity index (χ4v) is 3.18. The first-order valence-corrected chi connectivity index (χ1v) is 7.30. The fourth-order valence-electron chi connectivity index (χ4n) is 3.18. The molecule has 1 aliphatic heterocycles. The average Bonchev–Trinajstić information content (AvgIpc) is 2.86. The summed E-state index contributed by atoms with van der Waals surface area (Å²) in [7, 11) is 0. The Hall–Kier alpha value is -1.02. The van der Waals surface area contributed by atoms with Crippen LogP contribution in [0.1, 0.15) is 33.1 Å². The second kappa shape index (κ2) is 6.24. The van der Waals surface area contributed by atoms with Crippen LogP contribution >= 0.6 is 0 Å². The van der Waals surface area contributed by atoms with Crippen LogP contribution in [0.25, 0.3) is 0 Å². The number of hydrogen-bond acceptors (Lipinski definition) is 2. The molecule has 0 amide bonds. The molecule has 1 unspecified atom stereocenters. The molecule has 0 aromatic heterocycles. The average molecular weight is 246 g/mol. The van der Waals surface area contributed by atoms with Crippen molar-refractivity contribution in [3.8, 4) is 0 Å². The smallest absolute Gasteiger partial charge is 0.0366 e. The maximum atomic E-state index is 3.55. The van der Waals surface area contributed by atoms with Crippen LogP contribution in [0.15, 0.2) is 30.3 Å². The van der Waals surface area contributed by atoms with Gasteiger partial charge in [0, 0.05) is 30.7 Å². The molecule has 1 aromatic rings. The largest absolute Gasteiger partial charge is 0.371 e. The van der Waals surface area contributed by atoms with Gasteiger partial charge in [-0.2, -0.15) is 0 Å². The molecule has 100 valence electrons. The zero-order valence-corrected chi connectivity index (χ0v) is 11.8. The Bertz CT molecular complexity index is 341. The Labute approximate surface area is 111 Å². The number of anilines is 1. The van der Waals surface area contributed by atoms with Gasteiger partial charge in [0.2, 0.25) is 0 Å². The number of rotatable bonds is 6. The summed E-state index contributed by atoms with van der Waals surface area (Å²) in [5.74, 6) is 0. The molecule has 1 heterocycles. The molecule has 2 heteroatoms. The highest BCUT2D eigenvalue weighted by atomic mass is 15.1. The van der Waals surface area contributed by atoms with Gasteiger partial charge in [0.1, 0.15) is 0 Å². The lowest BCUT2D eigenvalue weighted by Crippen LogP contribution is -2.39. The standard InChI is InChI=1S/C16H26N2/c1-3-10-16(11-12-17-13-16)14-18(4-2)15-8-6-5-7-9-15/h5-9,17H,3-4,10-14H2,1-2H3. The molecule has 1 saturated heterocycles. The van der Waals surface area contributed by atoms with Gasteiger partial charge < -0.3 is 10.2 Å². The second-order valence-corrected chi connectivity index (χ2v) is 5.53. The van der Waals surface area contributed by atoms with E-state index in [1.165, 1.54) is 44.6 Å². The molecule has 1 aromatic carbocycles. The van der Waals surface area contributed by atoms with Gasteiger partial charge in [-0.3, -0.25) is 0 Å². The summed E-state index contributed by atoms with van der Waals surface area (Å²) in [6.45, 7) is 9.22. The summed E-state index contributed by atoms with van der Waals surface area (Å²) in [6, 6.07) is 10.8. The van der Waals surface area contributed by atoms with Crippen molar-refractivity contribution in [3.05, 3.63) is 30.3 Å². The molecular weight excluding hydrogens is 220 g/mol. The van der Waals surface area contributed by atoms with E-state index in [4.69, 9.17) is 0 Å². The van der Waals surface area contributed by atoms with Crippen LogP contribution < -0.4 is 10.2 Å². The van der Waals surface area contributed by atoms with Crippen LogP contribution in [-0.2, 0) is 0 Å². The molecule has 1 fully saturated rings. The van der Waals surface area contributed by atoms with Crippen LogP contribution in [0.3, 0.4) is 0 Å². The Morgan fingerprint density at radius 3 is 2.56 bits per heavy atom. The van der Waals surface area contributed by atoms with E-state index in [-0.39, 0.29) is 0 Å². The number of nitrogens with zero attached hydrogens (tertiary/aromatic N) is 1. The highest BCUT2D eigenvalue weighted by Gasteiger charge is 2.34. The van der Waals surface area contributed by atoms with Crippen molar-refractivity contribution in [1.29, 1.82) is 0 Å². The number of hydrogen-bond donors (Lipinski definition) is 1. The molecule has 0 aliphatic carbocycles. The Morgan fingerprint density at radius 2 is 2.00 bits per heavy atom. The quantitative estimate of drug-likeness (QED) is 0.828. The molecule has 2 rings (SSSR count). The van der Waals surface area contributed by atoms with Crippen molar-refractivity contribution >= 4 is 5.69 Å². The van der Waals surface area contributed by atoms with Crippen molar-refractivity contribution in [3.63, 3.8) is 0 Å². The predicted molar refractivity (Wildman–Crippen MR) is 79.2 cm³/mol. The molecule has 1 N–H and O–H groups in total. The van der Waals surface area contributed by atoms with Crippen molar-refractivity contribution in [2.24, 2.45) is 5.41 Å². The van der Waals surface area contributed by atoms with E-state index >= 15 is 0 Å². The zero-order chi connectivity index (χ0) is 12.8. The van der Waals surface area contributed by atoms with Gasteiger partial charge in [0.05, 0.1) is 0 Å². The van der Waals surface area contributed by atoms with E-state index in [0.29, 0.717) is 5.41 Å². The lowest BCUT2D eigenvalue weighted by Gasteiger charge is -2.35. The third kappa shape index (κ3) is 3.05. The first-order chi connectivity index (χ1) is 8.79. The lowest BCUT2D eigenvalue weighted by molar-refractivity contribution is 0.296. The fraction of sp³-hybridized carbons (Fsp3) is 0.625. The molecule has 1 atom stereocenters. The third-order valence-electron chi connectivity index (χ3n) is 4.14. The molecule has 0 saturated carbocycles. The summed E-state index contributed by atoms with van der Waals surface area (Å²) in [5.41, 5.74) is 1.85. The van der Waals surface area contributed by atoms with Gasteiger partial charge in [0.15, 0.2) is 0 Å². The number of nitrogens with one attached hydrogen (secondary N) is 1. The van der Waals surface area contributed by atoms with E-state index in [0.717, 1.165) is 6.54 Å². The van der Waals surface area contributed by atoms with Crippen LogP contribution in [0.2, 0.25) is 0 Å². The molecule has 18 heavy (non-hydrogen) atoms. The van der Waals surface area contributed by atoms with Gasteiger partial charge in [-0.15, -0.1) is 0 Å². The van der Waals surface area contributed by atoms with Crippen LogP contribution in [0.5, 0.6) is 0 Å². The molecule has 0 bridgehead atoms. The molecule has 0 spiro atoms. The van der Waals surface area contributed by atoms with Gasteiger partial charge in [-0.25, -0.2) is 0 Å². The van der Waals surface area contributed by atoms with E-state index in [2.05, 4.69) is 54.4 Å². The summed E-state index contributed by atoms with van der Waals surface area (Å²) in [4.78, 5) is 2.53. The highest BCUT2D eigenvalue weighted by molar-refractivity contribution is 5.46. The minimum Gasteiger partial charge on any atom is -0.371 e. The van der Waals surface area contributed by atoms with Crippen molar-refractivity contribution < 1.29 is 0 Å². The summed E-state index contributed by atoms with van der Waals surface area (Å²) in [6.07, 6.45) is 3.95. The van der Waals surface area contributed by atoms with Crippen molar-refractivity contribution in [2.45, 2.75) is 33.1 Å². The summed E-state index contributed by atoms with van der Waals surface area (Å²) < 4.78 is 0. The molecular formula is C16H26N2. The zero-order valence-electron chi connectivity index (χ0n) is 11.8. The van der Waals surface area contributed by atoms with Gasteiger partial charge in [-0.1, -0.05) is 31.5 Å². The van der Waals surface area contributed by atoms with Crippen molar-refractivity contribution in [2.75, 3.05) is 31.1 Å². The first-order valence-electron chi connectivity index (χ1n) is 7.30. The number of para-hydroxylation sites is 1. The van der Waals surface area contributed by atoms with E-state index in [1.54, 1.807) is 0 Å². The van der Waals surface area contributed by atoms with Gasteiger partial charge >= 0.3 is 0 Å². The highest BCUT2D eigenvalue weighted by Crippen LogP contribution is 2.33. The normalized spacial score (nSPS) is 23.2. The predicted octanol–water partition coefficient (Wildman–Crippen LogP) is 3.29. The Morgan fingerprint density at radius 1 is 1.22 bits per heavy atom. The van der Waals surface area contributed by atoms with Crippen LogP contribution in [0, 0.1) is 5.41 Å². The summed E-state index contributed by atoms with van der Waals surface area (Å²) >= 11 is 0. The van der Waals surface area contributed by atoms with E-state index in [1.807, 2.05) is 0 Å². The van der Waals surface area contributed by atoms with E-state index in [9.17, 15) is 0 Å². The third-order valence-corrected chi connectivity index (χ3v) is 4.14. The molecule has 1 aliphatic rings. The van der Waals surface area contributed by atoms with Gasteiger partial charge in [-0.05, 0) is 38.4 Å². The maximum absolute atomic E-state index is 3.55. The van der Waals surface area contributed by atoms with Gasteiger partial charge in [0.25, 0.3) is 0 Å². The van der Waals surface area contributed by atoms with Crippen LogP contribution in [0.4, 0.5) is 5.69 Å². The lowest BCUT2D eigenvalue weighted by atomic mass is 9.82. The maximum Gasteiger partial charge on any atom is 0.0366 e. The Kier molecular flexibility index (Phi) is 4.65. The molecule has 2 nitrogen and oxygen atoms in total. The second-order valence-electron chi connectivity index (χ2n) is 5.53. The summed E-state index contributed by atoms with van der Waals surface area (Å²) in [5, 5.41) is 3.55. The Balaban J connectivity index is 2.09.